The second-order valence-electron chi connectivity index (χ2n) is 7.31. The van der Waals surface area contributed by atoms with Crippen LogP contribution in [-0.2, 0) is 10.7 Å². The highest BCUT2D eigenvalue weighted by Crippen LogP contribution is 2.36. The number of halogens is 6. The largest absolute Gasteiger partial charge is 0.332 e. The van der Waals surface area contributed by atoms with Crippen molar-refractivity contribution in [1.82, 2.24) is 0 Å². The Hall–Kier alpha value is -3.80. The van der Waals surface area contributed by atoms with Gasteiger partial charge < -0.3 is 5.32 Å². The maximum absolute atomic E-state index is 13.2. The van der Waals surface area contributed by atoms with E-state index in [9.17, 15) is 31.1 Å². The van der Waals surface area contributed by atoms with Gasteiger partial charge in [0.25, 0.3) is 0 Å². The van der Waals surface area contributed by atoms with Gasteiger partial charge in [-0.1, -0.05) is 42.5 Å². The minimum absolute atomic E-state index is 0.195. The third-order valence-corrected chi connectivity index (χ3v) is 4.50. The molecular formula is C25H20F6N2O. The van der Waals surface area contributed by atoms with Crippen LogP contribution in [0.1, 0.15) is 18.9 Å². The first-order valence-electron chi connectivity index (χ1n) is 10.0. The van der Waals surface area contributed by atoms with Crippen molar-refractivity contribution in [3.8, 4) is 17.2 Å². The zero-order valence-electron chi connectivity index (χ0n) is 17.9. The molecule has 0 aliphatic carbocycles. The number of alkyl halides is 4. The van der Waals surface area contributed by atoms with Crippen molar-refractivity contribution in [2.45, 2.75) is 25.7 Å². The number of rotatable bonds is 6. The SMILES string of the molecule is CC(C#N)CC(=O)Nc1cc(F)cc(C(F)(F)C(F)F)c1.Fc1ccc(-c2ccccc2)cc1. The number of hydrogen-bond acceptors (Lipinski definition) is 2. The summed E-state index contributed by atoms with van der Waals surface area (Å²) in [6.07, 6.45) is -4.23. The predicted molar refractivity (Wildman–Crippen MR) is 116 cm³/mol. The van der Waals surface area contributed by atoms with Crippen LogP contribution in [-0.4, -0.2) is 12.3 Å². The maximum atomic E-state index is 13.2. The summed E-state index contributed by atoms with van der Waals surface area (Å²) in [7, 11) is 0. The molecule has 0 saturated carbocycles. The van der Waals surface area contributed by atoms with Crippen LogP contribution >= 0.6 is 0 Å². The lowest BCUT2D eigenvalue weighted by molar-refractivity contribution is -0.135. The number of carbonyl (C=O) groups excluding carboxylic acids is 1. The Bertz CT molecular complexity index is 1130. The highest BCUT2D eigenvalue weighted by atomic mass is 19.3. The minimum atomic E-state index is -4.53. The third kappa shape index (κ3) is 7.66. The fourth-order valence-electron chi connectivity index (χ4n) is 2.79. The van der Waals surface area contributed by atoms with E-state index >= 15 is 0 Å². The van der Waals surface area contributed by atoms with Crippen LogP contribution in [0.3, 0.4) is 0 Å². The standard InChI is InChI=1S/C13H11F5N2O.C12H9F/c1-7(6-19)2-11(21)20-10-4-8(3-9(14)5-10)13(17,18)12(15)16;13-12-8-6-11(7-9-12)10-4-2-1-3-5-10/h3-5,7,12H,2H2,1H3,(H,20,21);1-9H. The number of nitrogens with zero attached hydrogens (tertiary/aromatic N) is 1. The molecule has 178 valence electrons. The quantitative estimate of drug-likeness (QED) is 0.382. The number of nitriles is 1. The van der Waals surface area contributed by atoms with E-state index in [0.717, 1.165) is 17.2 Å². The van der Waals surface area contributed by atoms with Crippen molar-refractivity contribution >= 4 is 11.6 Å². The van der Waals surface area contributed by atoms with Crippen molar-refractivity contribution in [3.63, 3.8) is 0 Å². The fourth-order valence-corrected chi connectivity index (χ4v) is 2.79. The van der Waals surface area contributed by atoms with Gasteiger partial charge in [-0.15, -0.1) is 0 Å². The van der Waals surface area contributed by atoms with E-state index in [2.05, 4.69) is 5.32 Å². The normalized spacial score (nSPS) is 11.7. The highest BCUT2D eigenvalue weighted by molar-refractivity contribution is 5.91. The Morgan fingerprint density at radius 3 is 2.09 bits per heavy atom. The first kappa shape index (κ1) is 26.5. The van der Waals surface area contributed by atoms with Crippen molar-refractivity contribution in [2.75, 3.05) is 5.32 Å². The Kier molecular flexibility index (Phi) is 9.25. The molecule has 0 heterocycles. The van der Waals surface area contributed by atoms with Gasteiger partial charge in [-0.25, -0.2) is 17.6 Å². The maximum Gasteiger partial charge on any atom is 0.332 e. The smallest absolute Gasteiger partial charge is 0.326 e. The number of carbonyl (C=O) groups is 1. The fraction of sp³-hybridized carbons (Fsp3) is 0.200. The molecule has 0 spiro atoms. The summed E-state index contributed by atoms with van der Waals surface area (Å²) < 4.78 is 76.7. The molecule has 0 radical (unpaired) electrons. The first-order chi connectivity index (χ1) is 16.0. The molecule has 0 bridgehead atoms. The minimum Gasteiger partial charge on any atom is -0.326 e. The number of nitrogens with one attached hydrogen (secondary N) is 1. The molecule has 1 N–H and O–H groups in total. The third-order valence-electron chi connectivity index (χ3n) is 4.50. The molecule has 0 saturated heterocycles. The van der Waals surface area contributed by atoms with Crippen molar-refractivity contribution < 1.29 is 31.1 Å². The lowest BCUT2D eigenvalue weighted by Crippen LogP contribution is -2.24. The molecule has 0 fully saturated rings. The van der Waals surface area contributed by atoms with E-state index < -0.39 is 35.6 Å². The summed E-state index contributed by atoms with van der Waals surface area (Å²) >= 11 is 0. The van der Waals surface area contributed by atoms with Gasteiger partial charge in [0.2, 0.25) is 5.91 Å². The van der Waals surface area contributed by atoms with E-state index in [1.807, 2.05) is 30.3 Å². The van der Waals surface area contributed by atoms with Crippen LogP contribution < -0.4 is 5.32 Å². The Morgan fingerprint density at radius 1 is 0.941 bits per heavy atom. The summed E-state index contributed by atoms with van der Waals surface area (Å²) in [6, 6.07) is 19.8. The van der Waals surface area contributed by atoms with Crippen LogP contribution in [0.25, 0.3) is 11.1 Å². The number of hydrogen-bond donors (Lipinski definition) is 1. The number of benzene rings is 3. The average Bonchev–Trinajstić information content (AvgIpc) is 2.80. The zero-order valence-corrected chi connectivity index (χ0v) is 17.9. The molecular weight excluding hydrogens is 458 g/mol. The van der Waals surface area contributed by atoms with Gasteiger partial charge in [0.05, 0.1) is 12.0 Å². The molecule has 1 amide bonds. The van der Waals surface area contributed by atoms with Gasteiger partial charge in [0.1, 0.15) is 11.6 Å². The summed E-state index contributed by atoms with van der Waals surface area (Å²) in [5.74, 6) is -7.24. The van der Waals surface area contributed by atoms with Gasteiger partial charge in [-0.05, 0) is 48.4 Å². The van der Waals surface area contributed by atoms with Gasteiger partial charge in [0, 0.05) is 17.7 Å². The Labute approximate surface area is 192 Å². The van der Waals surface area contributed by atoms with Crippen LogP contribution in [0.15, 0.2) is 72.8 Å². The molecule has 9 heteroatoms. The molecule has 0 aliphatic heterocycles. The summed E-state index contributed by atoms with van der Waals surface area (Å²) in [5.41, 5.74) is 0.547. The lowest BCUT2D eigenvalue weighted by atomic mass is 10.1. The Morgan fingerprint density at radius 2 is 1.53 bits per heavy atom. The molecule has 0 aromatic heterocycles. The second-order valence-corrected chi connectivity index (χ2v) is 7.31. The first-order valence-corrected chi connectivity index (χ1v) is 10.0. The molecule has 1 unspecified atom stereocenters. The molecule has 3 nitrogen and oxygen atoms in total. The van der Waals surface area contributed by atoms with Crippen LogP contribution in [0, 0.1) is 28.9 Å². The van der Waals surface area contributed by atoms with Crippen molar-refractivity contribution in [1.29, 1.82) is 5.26 Å². The van der Waals surface area contributed by atoms with E-state index in [0.29, 0.717) is 6.07 Å². The monoisotopic (exact) mass is 478 g/mol. The highest BCUT2D eigenvalue weighted by Gasteiger charge is 2.43. The van der Waals surface area contributed by atoms with E-state index in [1.54, 1.807) is 18.2 Å². The summed E-state index contributed by atoms with van der Waals surface area (Å²) in [4.78, 5) is 11.5. The summed E-state index contributed by atoms with van der Waals surface area (Å²) in [5, 5.41) is 10.6. The Balaban J connectivity index is 0.000000266. The van der Waals surface area contributed by atoms with Crippen LogP contribution in [0.4, 0.5) is 32.0 Å². The van der Waals surface area contributed by atoms with Crippen molar-refractivity contribution in [3.05, 3.63) is 90.0 Å². The van der Waals surface area contributed by atoms with Gasteiger partial charge in [-0.3, -0.25) is 4.79 Å². The van der Waals surface area contributed by atoms with E-state index in [-0.39, 0.29) is 24.0 Å². The van der Waals surface area contributed by atoms with E-state index in [1.165, 1.54) is 19.1 Å². The summed E-state index contributed by atoms with van der Waals surface area (Å²) in [6.45, 7) is 1.46. The molecule has 1 atom stereocenters. The van der Waals surface area contributed by atoms with Gasteiger partial charge >= 0.3 is 12.3 Å². The molecule has 3 rings (SSSR count). The topological polar surface area (TPSA) is 52.9 Å². The van der Waals surface area contributed by atoms with Crippen LogP contribution in [0.5, 0.6) is 0 Å². The van der Waals surface area contributed by atoms with E-state index in [4.69, 9.17) is 5.26 Å². The van der Waals surface area contributed by atoms with Crippen LogP contribution in [0.2, 0.25) is 0 Å². The van der Waals surface area contributed by atoms with Gasteiger partial charge in [-0.2, -0.15) is 14.0 Å². The molecule has 0 aliphatic rings. The van der Waals surface area contributed by atoms with Gasteiger partial charge in [0.15, 0.2) is 0 Å². The predicted octanol–water partition coefficient (Wildman–Crippen LogP) is 7.16. The van der Waals surface area contributed by atoms with Crippen molar-refractivity contribution in [2.24, 2.45) is 5.92 Å². The lowest BCUT2D eigenvalue weighted by Gasteiger charge is -2.17. The number of anilines is 1. The molecule has 3 aromatic rings. The average molecular weight is 478 g/mol. The molecule has 34 heavy (non-hydrogen) atoms. The zero-order chi connectivity index (χ0) is 25.3. The molecule has 3 aromatic carbocycles. The second kappa shape index (κ2) is 11.9. The number of amides is 1.